The van der Waals surface area contributed by atoms with Gasteiger partial charge in [0.2, 0.25) is 0 Å². The molecule has 0 aliphatic heterocycles. The van der Waals surface area contributed by atoms with Crippen molar-refractivity contribution in [3.63, 3.8) is 0 Å². The Kier molecular flexibility index (Phi) is 11.6. The standard InChI is InChI=1S/C14H22N2O3Se.ClH/c15-12(14(18)19)6-8-20-9-7-13(17)16-10-11-4-2-1-3-5-11;/h1-5,12-13,16-17H,6-10,15H2,(H,18,19);1H/t12-,13-;/m0./s1. The number of carboxylic acid groups (broad SMARTS) is 1. The number of rotatable bonds is 10. The summed E-state index contributed by atoms with van der Waals surface area (Å²) >= 11 is 0.336. The van der Waals surface area contributed by atoms with Crippen LogP contribution in [0, 0.1) is 0 Å². The predicted molar refractivity (Wildman–Crippen MR) is 86.7 cm³/mol. The maximum absolute atomic E-state index is 10.5. The van der Waals surface area contributed by atoms with Crippen molar-refractivity contribution in [2.45, 2.75) is 42.3 Å². The van der Waals surface area contributed by atoms with Gasteiger partial charge in [-0.3, -0.25) is 0 Å². The molecule has 5 nitrogen and oxygen atoms in total. The van der Waals surface area contributed by atoms with Gasteiger partial charge < -0.3 is 0 Å². The number of aliphatic hydroxyl groups is 1. The monoisotopic (exact) mass is 382 g/mol. The van der Waals surface area contributed by atoms with Gasteiger partial charge in [0.25, 0.3) is 0 Å². The average molecular weight is 382 g/mol. The summed E-state index contributed by atoms with van der Waals surface area (Å²) in [4.78, 5) is 10.5. The topological polar surface area (TPSA) is 95.6 Å². The molecule has 0 saturated carbocycles. The maximum atomic E-state index is 10.5. The summed E-state index contributed by atoms with van der Waals surface area (Å²) in [6, 6.07) is 9.17. The van der Waals surface area contributed by atoms with Crippen LogP contribution in [0.25, 0.3) is 0 Å². The van der Waals surface area contributed by atoms with Crippen LogP contribution < -0.4 is 11.1 Å². The quantitative estimate of drug-likeness (QED) is 0.278. The van der Waals surface area contributed by atoms with Crippen LogP contribution in [0.1, 0.15) is 18.4 Å². The molecular formula is C14H23ClN2O3Se. The minimum atomic E-state index is -0.939. The van der Waals surface area contributed by atoms with Gasteiger partial charge in [-0.05, 0) is 0 Å². The number of hydrogen-bond acceptors (Lipinski definition) is 4. The molecule has 0 saturated heterocycles. The van der Waals surface area contributed by atoms with Crippen molar-refractivity contribution in [3.05, 3.63) is 35.9 Å². The van der Waals surface area contributed by atoms with Crippen LogP contribution >= 0.6 is 12.4 Å². The number of halogens is 1. The van der Waals surface area contributed by atoms with Crippen molar-refractivity contribution in [1.29, 1.82) is 0 Å². The first-order chi connectivity index (χ1) is 9.59. The average Bonchev–Trinajstić information content (AvgIpc) is 2.45. The summed E-state index contributed by atoms with van der Waals surface area (Å²) in [7, 11) is 0. The fourth-order valence-electron chi connectivity index (χ4n) is 1.56. The van der Waals surface area contributed by atoms with Gasteiger partial charge in [0.15, 0.2) is 0 Å². The van der Waals surface area contributed by atoms with Crippen LogP contribution in [0.2, 0.25) is 10.6 Å². The molecule has 0 bridgehead atoms. The first kappa shape index (κ1) is 20.4. The van der Waals surface area contributed by atoms with Crippen molar-refractivity contribution in [1.82, 2.24) is 5.32 Å². The van der Waals surface area contributed by atoms with Gasteiger partial charge in [0, 0.05) is 0 Å². The summed E-state index contributed by atoms with van der Waals surface area (Å²) in [5.74, 6) is -0.939. The number of nitrogens with one attached hydrogen (secondary N) is 1. The summed E-state index contributed by atoms with van der Waals surface area (Å²) in [6.45, 7) is 0.652. The molecular weight excluding hydrogens is 359 g/mol. The molecule has 0 aliphatic rings. The van der Waals surface area contributed by atoms with E-state index in [-0.39, 0.29) is 12.4 Å². The van der Waals surface area contributed by atoms with Crippen molar-refractivity contribution < 1.29 is 15.0 Å². The van der Waals surface area contributed by atoms with E-state index in [9.17, 15) is 9.90 Å². The van der Waals surface area contributed by atoms with E-state index in [0.29, 0.717) is 34.3 Å². The van der Waals surface area contributed by atoms with E-state index < -0.39 is 18.2 Å². The van der Waals surface area contributed by atoms with Gasteiger partial charge in [0.05, 0.1) is 0 Å². The van der Waals surface area contributed by atoms with Gasteiger partial charge >= 0.3 is 125 Å². The second-order valence-electron chi connectivity index (χ2n) is 4.52. The molecule has 2 atom stereocenters. The molecule has 1 aromatic rings. The van der Waals surface area contributed by atoms with E-state index in [1.54, 1.807) is 0 Å². The molecule has 0 spiro atoms. The Hall–Kier alpha value is -0.621. The molecule has 0 radical (unpaired) electrons. The molecule has 1 aromatic carbocycles. The number of aliphatic hydroxyl groups excluding tert-OH is 1. The van der Waals surface area contributed by atoms with Crippen molar-refractivity contribution >= 4 is 33.3 Å². The Morgan fingerprint density at radius 2 is 1.86 bits per heavy atom. The SMILES string of the molecule is Cl.N[C@@H](CC[Se]CC[C@H](O)NCc1ccccc1)C(=O)O. The number of aliphatic carboxylic acids is 1. The number of nitrogens with two attached hydrogens (primary N) is 1. The van der Waals surface area contributed by atoms with Gasteiger partial charge in [0.1, 0.15) is 0 Å². The second-order valence-corrected chi connectivity index (χ2v) is 7.09. The fourth-order valence-corrected chi connectivity index (χ4v) is 3.69. The summed E-state index contributed by atoms with van der Waals surface area (Å²) in [5.41, 5.74) is 6.56. The molecule has 0 unspecified atom stereocenters. The zero-order valence-corrected chi connectivity index (χ0v) is 14.3. The fraction of sp³-hybridized carbons (Fsp3) is 0.500. The third kappa shape index (κ3) is 9.85. The van der Waals surface area contributed by atoms with E-state index in [4.69, 9.17) is 10.8 Å². The van der Waals surface area contributed by atoms with Crippen LogP contribution in [0.5, 0.6) is 0 Å². The Labute approximate surface area is 137 Å². The normalized spacial score (nSPS) is 13.2. The summed E-state index contributed by atoms with van der Waals surface area (Å²) in [6.07, 6.45) is 0.697. The van der Waals surface area contributed by atoms with Crippen LogP contribution in [-0.4, -0.2) is 43.4 Å². The van der Waals surface area contributed by atoms with E-state index in [0.717, 1.165) is 16.2 Å². The van der Waals surface area contributed by atoms with E-state index in [1.807, 2.05) is 30.3 Å². The van der Waals surface area contributed by atoms with Crippen LogP contribution in [0.3, 0.4) is 0 Å². The molecule has 0 aliphatic carbocycles. The van der Waals surface area contributed by atoms with Crippen LogP contribution in [0.15, 0.2) is 30.3 Å². The van der Waals surface area contributed by atoms with Crippen LogP contribution in [0.4, 0.5) is 0 Å². The first-order valence-corrected chi connectivity index (χ1v) is 9.03. The number of carbonyl (C=O) groups is 1. The number of hydrogen-bond donors (Lipinski definition) is 4. The van der Waals surface area contributed by atoms with Crippen molar-refractivity contribution in [2.24, 2.45) is 5.73 Å². The van der Waals surface area contributed by atoms with Crippen molar-refractivity contribution in [2.75, 3.05) is 0 Å². The van der Waals surface area contributed by atoms with Gasteiger partial charge in [-0.25, -0.2) is 0 Å². The Morgan fingerprint density at radius 3 is 2.48 bits per heavy atom. The molecule has 0 amide bonds. The third-order valence-corrected chi connectivity index (χ3v) is 5.01. The van der Waals surface area contributed by atoms with E-state index in [1.165, 1.54) is 0 Å². The molecule has 21 heavy (non-hydrogen) atoms. The molecule has 0 heterocycles. The molecule has 5 N–H and O–H groups in total. The Morgan fingerprint density at radius 1 is 1.24 bits per heavy atom. The molecule has 0 fully saturated rings. The number of carboxylic acids is 1. The Balaban J connectivity index is 0.00000400. The van der Waals surface area contributed by atoms with Gasteiger partial charge in [-0.1, -0.05) is 0 Å². The van der Waals surface area contributed by atoms with E-state index in [2.05, 4.69) is 5.32 Å². The van der Waals surface area contributed by atoms with Crippen LogP contribution in [-0.2, 0) is 11.3 Å². The first-order valence-electron chi connectivity index (χ1n) is 6.61. The van der Waals surface area contributed by atoms with E-state index >= 15 is 0 Å². The Bertz CT molecular complexity index is 395. The predicted octanol–water partition coefficient (Wildman–Crippen LogP) is 1.25. The summed E-state index contributed by atoms with van der Waals surface area (Å²) < 4.78 is 0. The molecule has 7 heteroatoms. The third-order valence-electron chi connectivity index (χ3n) is 2.81. The molecule has 120 valence electrons. The van der Waals surface area contributed by atoms with Crippen molar-refractivity contribution in [3.8, 4) is 0 Å². The van der Waals surface area contributed by atoms with Gasteiger partial charge in [-0.2, -0.15) is 0 Å². The zero-order chi connectivity index (χ0) is 14.8. The molecule has 1 rings (SSSR count). The second kappa shape index (κ2) is 12.0. The number of benzene rings is 1. The minimum absolute atomic E-state index is 0. The summed E-state index contributed by atoms with van der Waals surface area (Å²) in [5, 5.41) is 23.2. The molecule has 0 aromatic heterocycles. The van der Waals surface area contributed by atoms with Gasteiger partial charge in [-0.15, -0.1) is 12.4 Å². The zero-order valence-electron chi connectivity index (χ0n) is 11.8.